The fourth-order valence-electron chi connectivity index (χ4n) is 2.62. The largest absolute Gasteiger partial charge is 0.388 e. The summed E-state index contributed by atoms with van der Waals surface area (Å²) in [7, 11) is 0. The van der Waals surface area contributed by atoms with Gasteiger partial charge in [0.1, 0.15) is 12.4 Å². The molecule has 0 amide bonds. The SMILES string of the molecule is CCCC(O)(CCC)CNC(=NCc1nccn1C(F)F)NCC.I. The Morgan fingerprint density at radius 1 is 1.28 bits per heavy atom. The average Bonchev–Trinajstić information content (AvgIpc) is 2.99. The van der Waals surface area contributed by atoms with Gasteiger partial charge in [-0.25, -0.2) is 9.98 Å². The van der Waals surface area contributed by atoms with Gasteiger partial charge in [0.2, 0.25) is 0 Å². The minimum Gasteiger partial charge on any atom is -0.388 e. The lowest BCUT2D eigenvalue weighted by molar-refractivity contribution is 0.0257. The lowest BCUT2D eigenvalue weighted by atomic mass is 9.93. The van der Waals surface area contributed by atoms with Crippen LogP contribution in [0.2, 0.25) is 0 Å². The number of alkyl halides is 2. The van der Waals surface area contributed by atoms with Gasteiger partial charge in [0.25, 0.3) is 0 Å². The standard InChI is InChI=1S/C16H29F2N5O.HI/c1-4-7-16(24,8-5-2)12-22-15(19-6-3)21-11-13-20-9-10-23(13)14(17)18;/h9-10,14,24H,4-8,11-12H2,1-3H3,(H2,19,21,22);1H. The molecule has 0 bridgehead atoms. The van der Waals surface area contributed by atoms with Crippen molar-refractivity contribution in [1.29, 1.82) is 0 Å². The number of imidazole rings is 1. The van der Waals surface area contributed by atoms with Crippen LogP contribution < -0.4 is 10.6 Å². The normalized spacial score (nSPS) is 12.2. The van der Waals surface area contributed by atoms with E-state index in [9.17, 15) is 13.9 Å². The van der Waals surface area contributed by atoms with Gasteiger partial charge < -0.3 is 15.7 Å². The average molecular weight is 473 g/mol. The third kappa shape index (κ3) is 8.30. The van der Waals surface area contributed by atoms with Crippen LogP contribution in [0, 0.1) is 0 Å². The summed E-state index contributed by atoms with van der Waals surface area (Å²) in [5, 5.41) is 16.8. The Labute approximate surface area is 165 Å². The predicted molar refractivity (Wildman–Crippen MR) is 106 cm³/mol. The summed E-state index contributed by atoms with van der Waals surface area (Å²) in [6, 6.07) is 0. The van der Waals surface area contributed by atoms with Crippen LogP contribution in [-0.4, -0.2) is 39.3 Å². The Bertz CT molecular complexity index is 504. The van der Waals surface area contributed by atoms with E-state index in [1.807, 2.05) is 20.8 Å². The summed E-state index contributed by atoms with van der Waals surface area (Å²) in [5.74, 6) is 0.673. The van der Waals surface area contributed by atoms with Crippen molar-refractivity contribution in [3.63, 3.8) is 0 Å². The van der Waals surface area contributed by atoms with Crippen LogP contribution in [-0.2, 0) is 6.54 Å². The highest BCUT2D eigenvalue weighted by Crippen LogP contribution is 2.18. The van der Waals surface area contributed by atoms with Crippen LogP contribution in [0.5, 0.6) is 0 Å². The molecular formula is C16H30F2IN5O. The molecule has 0 aliphatic heterocycles. The quantitative estimate of drug-likeness (QED) is 0.277. The van der Waals surface area contributed by atoms with E-state index < -0.39 is 12.2 Å². The second-order valence-corrected chi connectivity index (χ2v) is 5.80. The molecule has 1 heterocycles. The number of aliphatic hydroxyl groups is 1. The zero-order valence-electron chi connectivity index (χ0n) is 15.1. The number of aliphatic imine (C=N–C) groups is 1. The molecule has 1 aromatic rings. The number of hydrogen-bond donors (Lipinski definition) is 3. The molecule has 0 radical (unpaired) electrons. The smallest absolute Gasteiger partial charge is 0.319 e. The summed E-state index contributed by atoms with van der Waals surface area (Å²) in [6.45, 7) is 4.38. The van der Waals surface area contributed by atoms with Crippen LogP contribution in [0.25, 0.3) is 0 Å². The van der Waals surface area contributed by atoms with Gasteiger partial charge in [-0.1, -0.05) is 26.7 Å². The number of nitrogens with one attached hydrogen (secondary N) is 2. The summed E-state index contributed by atoms with van der Waals surface area (Å²) >= 11 is 0. The van der Waals surface area contributed by atoms with E-state index in [0.717, 1.165) is 17.4 Å². The summed E-state index contributed by atoms with van der Waals surface area (Å²) in [4.78, 5) is 8.20. The first kappa shape index (κ1) is 24.0. The first-order valence-corrected chi connectivity index (χ1v) is 8.50. The third-order valence-corrected chi connectivity index (χ3v) is 3.70. The van der Waals surface area contributed by atoms with Crippen molar-refractivity contribution in [3.8, 4) is 0 Å². The first-order chi connectivity index (χ1) is 11.5. The van der Waals surface area contributed by atoms with E-state index in [1.165, 1.54) is 12.4 Å². The molecule has 1 aromatic heterocycles. The molecule has 0 fully saturated rings. The monoisotopic (exact) mass is 473 g/mol. The molecule has 0 saturated heterocycles. The number of guanidine groups is 1. The molecule has 0 aliphatic rings. The highest BCUT2D eigenvalue weighted by molar-refractivity contribution is 14.0. The van der Waals surface area contributed by atoms with Gasteiger partial charge in [0.05, 0.1) is 5.60 Å². The summed E-state index contributed by atoms with van der Waals surface area (Å²) < 4.78 is 26.4. The summed E-state index contributed by atoms with van der Waals surface area (Å²) in [5.41, 5.74) is -0.791. The first-order valence-electron chi connectivity index (χ1n) is 8.50. The predicted octanol–water partition coefficient (Wildman–Crippen LogP) is 3.28. The van der Waals surface area contributed by atoms with E-state index in [4.69, 9.17) is 0 Å². The van der Waals surface area contributed by atoms with Gasteiger partial charge in [-0.15, -0.1) is 24.0 Å². The van der Waals surface area contributed by atoms with Crippen molar-refractivity contribution >= 4 is 29.9 Å². The van der Waals surface area contributed by atoms with Crippen LogP contribution in [0.1, 0.15) is 58.8 Å². The highest BCUT2D eigenvalue weighted by Gasteiger charge is 2.25. The van der Waals surface area contributed by atoms with Crippen molar-refractivity contribution < 1.29 is 13.9 Å². The number of halogens is 3. The second-order valence-electron chi connectivity index (χ2n) is 5.80. The maximum Gasteiger partial charge on any atom is 0.319 e. The van der Waals surface area contributed by atoms with Crippen LogP contribution in [0.3, 0.4) is 0 Å². The molecule has 0 aromatic carbocycles. The Morgan fingerprint density at radius 3 is 2.44 bits per heavy atom. The van der Waals surface area contributed by atoms with Crippen molar-refractivity contribution in [2.75, 3.05) is 13.1 Å². The van der Waals surface area contributed by atoms with Gasteiger partial charge in [-0.3, -0.25) is 4.57 Å². The molecule has 0 saturated carbocycles. The van der Waals surface area contributed by atoms with E-state index in [-0.39, 0.29) is 36.3 Å². The second kappa shape index (κ2) is 12.4. The molecule has 0 spiro atoms. The molecule has 0 atom stereocenters. The Hall–Kier alpha value is -0.970. The molecule has 9 heteroatoms. The number of aromatic nitrogens is 2. The van der Waals surface area contributed by atoms with Crippen molar-refractivity contribution in [1.82, 2.24) is 20.2 Å². The van der Waals surface area contributed by atoms with Gasteiger partial charge in [0.15, 0.2) is 5.96 Å². The van der Waals surface area contributed by atoms with Crippen molar-refractivity contribution in [2.24, 2.45) is 4.99 Å². The maximum absolute atomic E-state index is 12.8. The van der Waals surface area contributed by atoms with Gasteiger partial charge in [-0.05, 0) is 19.8 Å². The fraction of sp³-hybridized carbons (Fsp3) is 0.750. The van der Waals surface area contributed by atoms with Gasteiger partial charge in [0, 0.05) is 25.5 Å². The molecular weight excluding hydrogens is 443 g/mol. The third-order valence-electron chi connectivity index (χ3n) is 3.70. The molecule has 146 valence electrons. The van der Waals surface area contributed by atoms with E-state index in [1.54, 1.807) is 0 Å². The lowest BCUT2D eigenvalue weighted by Crippen LogP contribution is -2.47. The Morgan fingerprint density at radius 2 is 1.92 bits per heavy atom. The zero-order valence-corrected chi connectivity index (χ0v) is 17.5. The molecule has 0 unspecified atom stereocenters. The number of nitrogens with zero attached hydrogens (tertiary/aromatic N) is 3. The van der Waals surface area contributed by atoms with Gasteiger partial charge >= 0.3 is 6.55 Å². The highest BCUT2D eigenvalue weighted by atomic mass is 127. The fourth-order valence-corrected chi connectivity index (χ4v) is 2.62. The van der Waals surface area contributed by atoms with Crippen LogP contribution in [0.4, 0.5) is 8.78 Å². The van der Waals surface area contributed by atoms with Crippen LogP contribution >= 0.6 is 24.0 Å². The summed E-state index contributed by atoms with van der Waals surface area (Å²) in [6.07, 6.45) is 5.73. The molecule has 3 N–H and O–H groups in total. The van der Waals surface area contributed by atoms with Crippen molar-refractivity contribution in [3.05, 3.63) is 18.2 Å². The topological polar surface area (TPSA) is 74.5 Å². The molecule has 25 heavy (non-hydrogen) atoms. The number of rotatable bonds is 10. The number of hydrogen-bond acceptors (Lipinski definition) is 3. The Kier molecular flexibility index (Phi) is 11.9. The Balaban J connectivity index is 0.00000576. The van der Waals surface area contributed by atoms with E-state index >= 15 is 0 Å². The molecule has 6 nitrogen and oxygen atoms in total. The minimum atomic E-state index is -2.63. The lowest BCUT2D eigenvalue weighted by Gasteiger charge is -2.28. The molecule has 0 aliphatic carbocycles. The van der Waals surface area contributed by atoms with E-state index in [2.05, 4.69) is 20.6 Å². The maximum atomic E-state index is 12.8. The minimum absolute atomic E-state index is 0. The zero-order chi connectivity index (χ0) is 18.0. The van der Waals surface area contributed by atoms with Crippen LogP contribution in [0.15, 0.2) is 17.4 Å². The van der Waals surface area contributed by atoms with E-state index in [0.29, 0.717) is 31.9 Å². The van der Waals surface area contributed by atoms with Crippen molar-refractivity contribution in [2.45, 2.75) is 65.1 Å². The molecule has 1 rings (SSSR count). The van der Waals surface area contributed by atoms with Gasteiger partial charge in [-0.2, -0.15) is 8.78 Å².